The third-order valence-electron chi connectivity index (χ3n) is 5.56. The van der Waals surface area contributed by atoms with E-state index in [2.05, 4.69) is 5.32 Å². The lowest BCUT2D eigenvalue weighted by Crippen LogP contribution is -2.33. The predicted octanol–water partition coefficient (Wildman–Crippen LogP) is 3.82. The molecule has 0 saturated heterocycles. The molecule has 0 unspecified atom stereocenters. The van der Waals surface area contributed by atoms with E-state index in [-0.39, 0.29) is 29.8 Å². The van der Waals surface area contributed by atoms with Crippen molar-refractivity contribution in [1.29, 1.82) is 0 Å². The normalized spacial score (nSPS) is 14.9. The van der Waals surface area contributed by atoms with E-state index < -0.39 is 0 Å². The summed E-state index contributed by atoms with van der Waals surface area (Å²) in [6.45, 7) is 12.6. The van der Waals surface area contributed by atoms with E-state index in [4.69, 9.17) is 18.6 Å². The van der Waals surface area contributed by atoms with E-state index in [1.807, 2.05) is 40.7 Å². The fraction of sp³-hybridized carbons (Fsp3) is 0.583. The lowest BCUT2D eigenvalue weighted by atomic mass is 9.92. The molecule has 0 radical (unpaired) electrons. The number of ether oxygens (including phenoxy) is 3. The average molecular weight is 432 g/mol. The molecule has 3 rings (SSSR count). The van der Waals surface area contributed by atoms with E-state index in [9.17, 15) is 9.59 Å². The quantitative estimate of drug-likeness (QED) is 0.505. The molecule has 7 nitrogen and oxygen atoms in total. The van der Waals surface area contributed by atoms with Crippen LogP contribution in [0.15, 0.2) is 15.3 Å². The highest BCUT2D eigenvalue weighted by atomic mass is 16.5. The molecule has 31 heavy (non-hydrogen) atoms. The topological polar surface area (TPSA) is 87.0 Å². The molecule has 0 spiro atoms. The molecule has 1 N–H and O–H groups in total. The second-order valence-corrected chi connectivity index (χ2v) is 8.97. The van der Waals surface area contributed by atoms with Gasteiger partial charge in [0.1, 0.15) is 22.7 Å². The maximum absolute atomic E-state index is 12.3. The van der Waals surface area contributed by atoms with Crippen molar-refractivity contribution in [2.24, 2.45) is 0 Å². The zero-order valence-electron chi connectivity index (χ0n) is 19.3. The van der Waals surface area contributed by atoms with Crippen LogP contribution in [0.3, 0.4) is 0 Å². The molecule has 1 aliphatic heterocycles. The number of fused-ring (bicyclic) bond motifs is 3. The molecule has 0 atom stereocenters. The van der Waals surface area contributed by atoms with Crippen LogP contribution in [0.1, 0.15) is 57.2 Å². The summed E-state index contributed by atoms with van der Waals surface area (Å²) in [6.07, 6.45) is 2.46. The Kier molecular flexibility index (Phi) is 6.94. The largest absolute Gasteiger partial charge is 0.487 e. The summed E-state index contributed by atoms with van der Waals surface area (Å²) < 4.78 is 23.2. The van der Waals surface area contributed by atoms with Crippen LogP contribution in [0.5, 0.6) is 11.5 Å². The van der Waals surface area contributed by atoms with Gasteiger partial charge in [0.05, 0.1) is 11.5 Å². The first-order valence-electron chi connectivity index (χ1n) is 10.9. The van der Waals surface area contributed by atoms with Gasteiger partial charge in [-0.05, 0) is 66.4 Å². The van der Waals surface area contributed by atoms with Crippen molar-refractivity contribution in [2.75, 3.05) is 19.8 Å². The van der Waals surface area contributed by atoms with Crippen molar-refractivity contribution >= 4 is 16.9 Å². The van der Waals surface area contributed by atoms with Crippen LogP contribution < -0.4 is 20.4 Å². The lowest BCUT2D eigenvalue weighted by Gasteiger charge is -2.33. The first-order valence-corrected chi connectivity index (χ1v) is 10.9. The highest BCUT2D eigenvalue weighted by Crippen LogP contribution is 2.43. The summed E-state index contributed by atoms with van der Waals surface area (Å²) in [7, 11) is 0. The Morgan fingerprint density at radius 3 is 2.71 bits per heavy atom. The number of carbonyl (C=O) groups is 1. The molecule has 7 heteroatoms. The molecule has 1 aromatic heterocycles. The molecule has 0 fully saturated rings. The Labute approximate surface area is 183 Å². The highest BCUT2D eigenvalue weighted by molar-refractivity contribution is 5.92. The molecule has 0 aliphatic carbocycles. The molecule has 1 aliphatic rings. The minimum absolute atomic E-state index is 0.139. The summed E-state index contributed by atoms with van der Waals surface area (Å²) in [4.78, 5) is 24.6. The zero-order chi connectivity index (χ0) is 22.8. The lowest BCUT2D eigenvalue weighted by molar-refractivity contribution is -0.123. The van der Waals surface area contributed by atoms with Gasteiger partial charge in [0, 0.05) is 30.3 Å². The summed E-state index contributed by atoms with van der Waals surface area (Å²) in [5.41, 5.74) is 1.99. The number of aryl methyl sites for hydroxylation is 2. The smallest absolute Gasteiger partial charge is 0.339 e. The first-order chi connectivity index (χ1) is 14.6. The highest BCUT2D eigenvalue weighted by Gasteiger charge is 2.31. The standard InChI is InChI=1S/C24H33NO6/c1-14(2)28-11-7-10-25-20(26)13-29-19-12-18-17(8-9-24(5,6)31-18)22-21(19)15(3)16(4)23(27)30-22/h12,14H,7-11,13H2,1-6H3,(H,25,26). The van der Waals surface area contributed by atoms with Gasteiger partial charge in [0.25, 0.3) is 5.91 Å². The minimum Gasteiger partial charge on any atom is -0.487 e. The summed E-state index contributed by atoms with van der Waals surface area (Å²) in [5, 5.41) is 3.56. The second-order valence-electron chi connectivity index (χ2n) is 8.97. The van der Waals surface area contributed by atoms with Crippen molar-refractivity contribution < 1.29 is 23.4 Å². The van der Waals surface area contributed by atoms with Crippen LogP contribution in [-0.4, -0.2) is 37.4 Å². The predicted molar refractivity (Wildman–Crippen MR) is 119 cm³/mol. The van der Waals surface area contributed by atoms with Gasteiger partial charge in [-0.25, -0.2) is 4.79 Å². The maximum Gasteiger partial charge on any atom is 0.339 e. The van der Waals surface area contributed by atoms with Gasteiger partial charge >= 0.3 is 5.63 Å². The van der Waals surface area contributed by atoms with Gasteiger partial charge < -0.3 is 23.9 Å². The summed E-state index contributed by atoms with van der Waals surface area (Å²) in [5.74, 6) is 0.897. The molecule has 2 aromatic rings. The van der Waals surface area contributed by atoms with Gasteiger partial charge in [-0.2, -0.15) is 0 Å². The fourth-order valence-corrected chi connectivity index (χ4v) is 3.66. The van der Waals surface area contributed by atoms with Crippen LogP contribution in [0.4, 0.5) is 0 Å². The Balaban J connectivity index is 1.82. The maximum atomic E-state index is 12.3. The van der Waals surface area contributed by atoms with Gasteiger partial charge in [0.15, 0.2) is 6.61 Å². The Morgan fingerprint density at radius 2 is 2.00 bits per heavy atom. The van der Waals surface area contributed by atoms with E-state index in [0.29, 0.717) is 35.8 Å². The van der Waals surface area contributed by atoms with Gasteiger partial charge in [-0.15, -0.1) is 0 Å². The van der Waals surface area contributed by atoms with Gasteiger partial charge in [-0.3, -0.25) is 4.79 Å². The second kappa shape index (κ2) is 9.30. The van der Waals surface area contributed by atoms with Crippen molar-refractivity contribution in [3.8, 4) is 11.5 Å². The monoisotopic (exact) mass is 431 g/mol. The van der Waals surface area contributed by atoms with E-state index in [1.54, 1.807) is 6.92 Å². The number of rotatable bonds is 8. The third-order valence-corrected chi connectivity index (χ3v) is 5.56. The number of carbonyl (C=O) groups excluding carboxylic acids is 1. The number of hydrogen-bond donors (Lipinski definition) is 1. The Morgan fingerprint density at radius 1 is 1.26 bits per heavy atom. The molecule has 1 aromatic carbocycles. The SMILES string of the molecule is Cc1c(C)c2c(OCC(=O)NCCCOC(C)C)cc3c(c2oc1=O)CCC(C)(C)O3. The molecular weight excluding hydrogens is 398 g/mol. The molecule has 0 saturated carbocycles. The van der Waals surface area contributed by atoms with Crippen molar-refractivity contribution in [3.05, 3.63) is 33.2 Å². The molecular formula is C24H33NO6. The van der Waals surface area contributed by atoms with E-state index in [1.165, 1.54) is 0 Å². The average Bonchev–Trinajstić information content (AvgIpc) is 2.68. The number of nitrogens with one attached hydrogen (secondary N) is 1. The first kappa shape index (κ1) is 23.1. The molecule has 0 bridgehead atoms. The fourth-order valence-electron chi connectivity index (χ4n) is 3.66. The summed E-state index contributed by atoms with van der Waals surface area (Å²) >= 11 is 0. The van der Waals surface area contributed by atoms with Crippen LogP contribution in [0, 0.1) is 13.8 Å². The number of amides is 1. The van der Waals surface area contributed by atoms with Crippen molar-refractivity contribution in [2.45, 2.75) is 72.5 Å². The number of benzene rings is 1. The minimum atomic E-state index is -0.365. The molecule has 170 valence electrons. The van der Waals surface area contributed by atoms with E-state index in [0.717, 1.165) is 35.8 Å². The van der Waals surface area contributed by atoms with Crippen LogP contribution in [0.25, 0.3) is 11.0 Å². The van der Waals surface area contributed by atoms with Gasteiger partial charge in [-0.1, -0.05) is 0 Å². The molecule has 1 amide bonds. The van der Waals surface area contributed by atoms with Crippen LogP contribution >= 0.6 is 0 Å². The zero-order valence-corrected chi connectivity index (χ0v) is 19.3. The third kappa shape index (κ3) is 5.39. The number of hydrogen-bond acceptors (Lipinski definition) is 6. The van der Waals surface area contributed by atoms with Gasteiger partial charge in [0.2, 0.25) is 0 Å². The summed E-state index contributed by atoms with van der Waals surface area (Å²) in [6, 6.07) is 1.81. The molecule has 2 heterocycles. The Hall–Kier alpha value is -2.54. The van der Waals surface area contributed by atoms with Crippen molar-refractivity contribution in [3.63, 3.8) is 0 Å². The van der Waals surface area contributed by atoms with Crippen molar-refractivity contribution in [1.82, 2.24) is 5.32 Å². The Bertz CT molecular complexity index is 1020. The van der Waals surface area contributed by atoms with Crippen LogP contribution in [-0.2, 0) is 16.0 Å². The van der Waals surface area contributed by atoms with E-state index >= 15 is 0 Å². The van der Waals surface area contributed by atoms with Crippen LogP contribution in [0.2, 0.25) is 0 Å².